The van der Waals surface area contributed by atoms with Crippen LogP contribution in [-0.2, 0) is 11.3 Å². The molecule has 22 heavy (non-hydrogen) atoms. The van der Waals surface area contributed by atoms with E-state index in [0.29, 0.717) is 29.8 Å². The van der Waals surface area contributed by atoms with E-state index in [1.54, 1.807) is 27.0 Å². The maximum Gasteiger partial charge on any atom is 0.407 e. The van der Waals surface area contributed by atoms with Crippen LogP contribution in [-0.4, -0.2) is 34.6 Å². The van der Waals surface area contributed by atoms with Crippen molar-refractivity contribution in [1.29, 1.82) is 0 Å². The predicted molar refractivity (Wildman–Crippen MR) is 89.2 cm³/mol. The number of aryl methyl sites for hydroxylation is 1. The summed E-state index contributed by atoms with van der Waals surface area (Å²) in [5, 5.41) is 9.77. The van der Waals surface area contributed by atoms with Crippen molar-refractivity contribution >= 4 is 27.7 Å². The summed E-state index contributed by atoms with van der Waals surface area (Å²) >= 11 is 3.27. The van der Waals surface area contributed by atoms with Crippen molar-refractivity contribution in [2.45, 2.75) is 46.3 Å². The van der Waals surface area contributed by atoms with E-state index in [9.17, 15) is 9.59 Å². The third-order valence-corrected chi connectivity index (χ3v) is 3.30. The molecule has 1 amide bonds. The van der Waals surface area contributed by atoms with Gasteiger partial charge >= 0.3 is 6.09 Å². The van der Waals surface area contributed by atoms with Gasteiger partial charge in [-0.05, 0) is 43.1 Å². The molecule has 0 saturated carbocycles. The lowest BCUT2D eigenvalue weighted by molar-refractivity contribution is 0.0530. The number of ether oxygens (including phenoxy) is 1. The number of nitrogens with zero attached hydrogens (tertiary/aromatic N) is 2. The summed E-state index contributed by atoms with van der Waals surface area (Å²) in [5.74, 6) is 0. The summed E-state index contributed by atoms with van der Waals surface area (Å²) in [6.45, 7) is 8.81. The van der Waals surface area contributed by atoms with Gasteiger partial charge in [-0.25, -0.2) is 9.48 Å². The Kier molecular flexibility index (Phi) is 6.86. The Hall–Kier alpha value is -1.57. The van der Waals surface area contributed by atoms with Crippen molar-refractivity contribution in [1.82, 2.24) is 15.1 Å². The van der Waals surface area contributed by atoms with Gasteiger partial charge in [0.05, 0.1) is 11.9 Å². The second kappa shape index (κ2) is 8.17. The standard InChI is InChI=1S/C14H23BrN4O3/c1-5-8-19-12(20)11(15)10(9-18-19)16-6-7-17-13(21)22-14(2,3)4/h9,16H,5-8H2,1-4H3,(H,17,21). The van der Waals surface area contributed by atoms with Crippen molar-refractivity contribution in [3.05, 3.63) is 21.0 Å². The first kappa shape index (κ1) is 18.5. The Labute approximate surface area is 138 Å². The Balaban J connectivity index is 2.48. The lowest BCUT2D eigenvalue weighted by Crippen LogP contribution is -2.35. The Morgan fingerprint density at radius 1 is 1.41 bits per heavy atom. The van der Waals surface area contributed by atoms with Gasteiger partial charge in [0.15, 0.2) is 0 Å². The maximum atomic E-state index is 12.0. The largest absolute Gasteiger partial charge is 0.444 e. The highest BCUT2D eigenvalue weighted by atomic mass is 79.9. The normalized spacial score (nSPS) is 11.1. The molecule has 2 N–H and O–H groups in total. The molecule has 7 nitrogen and oxygen atoms in total. The van der Waals surface area contributed by atoms with Gasteiger partial charge in [-0.1, -0.05) is 6.92 Å². The topological polar surface area (TPSA) is 85.2 Å². The van der Waals surface area contributed by atoms with Crippen LogP contribution in [0, 0.1) is 0 Å². The minimum absolute atomic E-state index is 0.174. The third kappa shape index (κ3) is 6.05. The summed E-state index contributed by atoms with van der Waals surface area (Å²) in [4.78, 5) is 23.5. The summed E-state index contributed by atoms with van der Waals surface area (Å²) < 4.78 is 6.97. The second-order valence-corrected chi connectivity index (χ2v) is 6.55. The second-order valence-electron chi connectivity index (χ2n) is 5.76. The molecule has 1 rings (SSSR count). The molecule has 0 atom stereocenters. The number of halogens is 1. The van der Waals surface area contributed by atoms with Gasteiger partial charge in [-0.15, -0.1) is 0 Å². The van der Waals surface area contributed by atoms with Gasteiger partial charge in [0.1, 0.15) is 10.1 Å². The average molecular weight is 375 g/mol. The minimum atomic E-state index is -0.520. The monoisotopic (exact) mass is 374 g/mol. The number of hydrogen-bond acceptors (Lipinski definition) is 5. The van der Waals surface area contributed by atoms with E-state index in [1.165, 1.54) is 4.68 Å². The first-order chi connectivity index (χ1) is 10.2. The summed E-state index contributed by atoms with van der Waals surface area (Å²) in [5.41, 5.74) is -0.0934. The van der Waals surface area contributed by atoms with Crippen molar-refractivity contribution < 1.29 is 9.53 Å². The van der Waals surface area contributed by atoms with Crippen LogP contribution in [0.2, 0.25) is 0 Å². The molecule has 0 unspecified atom stereocenters. The molecular formula is C14H23BrN4O3. The molecule has 1 aromatic heterocycles. The SMILES string of the molecule is CCCn1ncc(NCCNC(=O)OC(C)(C)C)c(Br)c1=O. The first-order valence-electron chi connectivity index (χ1n) is 7.21. The first-order valence-corrected chi connectivity index (χ1v) is 8.00. The average Bonchev–Trinajstić information content (AvgIpc) is 2.40. The van der Waals surface area contributed by atoms with Crippen LogP contribution < -0.4 is 16.2 Å². The van der Waals surface area contributed by atoms with Crippen molar-refractivity contribution in [2.75, 3.05) is 18.4 Å². The number of rotatable bonds is 6. The number of nitrogens with one attached hydrogen (secondary N) is 2. The maximum absolute atomic E-state index is 12.0. The molecule has 0 spiro atoms. The lowest BCUT2D eigenvalue weighted by atomic mass is 10.2. The predicted octanol–water partition coefficient (Wildman–Crippen LogP) is 2.35. The molecular weight excluding hydrogens is 352 g/mol. The molecule has 0 radical (unpaired) electrons. The van der Waals surface area contributed by atoms with Gasteiger partial charge in [-0.3, -0.25) is 4.79 Å². The molecule has 0 fully saturated rings. The molecule has 1 heterocycles. The van der Waals surface area contributed by atoms with Crippen LogP contribution in [0.1, 0.15) is 34.1 Å². The molecule has 0 saturated heterocycles. The molecule has 8 heteroatoms. The smallest absolute Gasteiger partial charge is 0.407 e. The third-order valence-electron chi connectivity index (χ3n) is 2.53. The summed E-state index contributed by atoms with van der Waals surface area (Å²) in [7, 11) is 0. The molecule has 0 aromatic carbocycles. The van der Waals surface area contributed by atoms with Crippen LogP contribution in [0.15, 0.2) is 15.5 Å². The van der Waals surface area contributed by atoms with E-state index in [0.717, 1.165) is 6.42 Å². The number of carbonyl (C=O) groups excluding carboxylic acids is 1. The quantitative estimate of drug-likeness (QED) is 0.746. The molecule has 0 aliphatic rings. The van der Waals surface area contributed by atoms with E-state index in [1.807, 2.05) is 6.92 Å². The molecule has 1 aromatic rings. The molecule has 124 valence electrons. The fraction of sp³-hybridized carbons (Fsp3) is 0.643. The van der Waals surface area contributed by atoms with E-state index in [4.69, 9.17) is 4.74 Å². The highest BCUT2D eigenvalue weighted by Crippen LogP contribution is 2.15. The molecule has 0 bridgehead atoms. The van der Waals surface area contributed by atoms with E-state index >= 15 is 0 Å². The van der Waals surface area contributed by atoms with Gasteiger partial charge < -0.3 is 15.4 Å². The van der Waals surface area contributed by atoms with E-state index in [-0.39, 0.29) is 5.56 Å². The van der Waals surface area contributed by atoms with Crippen molar-refractivity contribution in [3.8, 4) is 0 Å². The summed E-state index contributed by atoms with van der Waals surface area (Å²) in [6.07, 6.45) is 1.96. The lowest BCUT2D eigenvalue weighted by Gasteiger charge is -2.19. The van der Waals surface area contributed by atoms with Crippen LogP contribution in [0.4, 0.5) is 10.5 Å². The van der Waals surface area contributed by atoms with Crippen LogP contribution in [0.25, 0.3) is 0 Å². The van der Waals surface area contributed by atoms with Crippen molar-refractivity contribution in [2.24, 2.45) is 0 Å². The molecule has 0 aliphatic heterocycles. The highest BCUT2D eigenvalue weighted by molar-refractivity contribution is 9.10. The zero-order valence-corrected chi connectivity index (χ0v) is 15.0. The number of amides is 1. The Morgan fingerprint density at radius 3 is 2.68 bits per heavy atom. The Bertz CT molecular complexity index is 566. The highest BCUT2D eigenvalue weighted by Gasteiger charge is 2.15. The van der Waals surface area contributed by atoms with E-state index in [2.05, 4.69) is 31.7 Å². The zero-order valence-electron chi connectivity index (χ0n) is 13.4. The van der Waals surface area contributed by atoms with Crippen LogP contribution in [0.3, 0.4) is 0 Å². The zero-order chi connectivity index (χ0) is 16.8. The molecule has 0 aliphatic carbocycles. The van der Waals surface area contributed by atoms with Gasteiger partial charge in [0, 0.05) is 19.6 Å². The van der Waals surface area contributed by atoms with Crippen LogP contribution in [0.5, 0.6) is 0 Å². The fourth-order valence-corrected chi connectivity index (χ4v) is 2.08. The van der Waals surface area contributed by atoms with Gasteiger partial charge in [0.2, 0.25) is 0 Å². The number of anilines is 1. The number of aromatic nitrogens is 2. The Morgan fingerprint density at radius 2 is 2.09 bits per heavy atom. The minimum Gasteiger partial charge on any atom is -0.444 e. The van der Waals surface area contributed by atoms with Crippen LogP contribution >= 0.6 is 15.9 Å². The number of hydrogen-bond donors (Lipinski definition) is 2. The number of carbonyl (C=O) groups is 1. The van der Waals surface area contributed by atoms with Gasteiger partial charge in [-0.2, -0.15) is 5.10 Å². The van der Waals surface area contributed by atoms with Crippen molar-refractivity contribution in [3.63, 3.8) is 0 Å². The summed E-state index contributed by atoms with van der Waals surface area (Å²) in [6, 6.07) is 0. The fourth-order valence-electron chi connectivity index (χ4n) is 1.64. The number of alkyl carbamates (subject to hydrolysis) is 1. The van der Waals surface area contributed by atoms with Gasteiger partial charge in [0.25, 0.3) is 5.56 Å². The van der Waals surface area contributed by atoms with E-state index < -0.39 is 11.7 Å².